The molecule has 0 aliphatic rings. The molecule has 1 N–H and O–H groups in total. The SMILES string of the molecule is CC(Cc1ccccc1)Nc1nc(Cl)ncc1F. The van der Waals surface area contributed by atoms with Gasteiger partial charge in [-0.15, -0.1) is 0 Å². The molecule has 0 aliphatic heterocycles. The Kier molecular flexibility index (Phi) is 4.10. The molecule has 1 atom stereocenters. The molecule has 0 amide bonds. The first kappa shape index (κ1) is 12.8. The van der Waals surface area contributed by atoms with Gasteiger partial charge in [0.2, 0.25) is 5.28 Å². The van der Waals surface area contributed by atoms with Gasteiger partial charge in [0.15, 0.2) is 11.6 Å². The monoisotopic (exact) mass is 265 g/mol. The molecule has 5 heteroatoms. The van der Waals surface area contributed by atoms with Gasteiger partial charge in [-0.25, -0.2) is 9.37 Å². The molecule has 0 aliphatic carbocycles. The second-order valence-electron chi connectivity index (χ2n) is 4.07. The van der Waals surface area contributed by atoms with Crippen LogP contribution in [0.15, 0.2) is 36.5 Å². The number of benzene rings is 1. The third kappa shape index (κ3) is 3.40. The second-order valence-corrected chi connectivity index (χ2v) is 4.41. The van der Waals surface area contributed by atoms with Crippen LogP contribution in [0.3, 0.4) is 0 Å². The first-order chi connectivity index (χ1) is 8.65. The van der Waals surface area contributed by atoms with Gasteiger partial charge in [0.05, 0.1) is 6.20 Å². The van der Waals surface area contributed by atoms with Crippen LogP contribution in [-0.4, -0.2) is 16.0 Å². The van der Waals surface area contributed by atoms with Crippen molar-refractivity contribution in [1.82, 2.24) is 9.97 Å². The lowest BCUT2D eigenvalue weighted by atomic mass is 10.1. The highest BCUT2D eigenvalue weighted by Crippen LogP contribution is 2.14. The summed E-state index contributed by atoms with van der Waals surface area (Å²) < 4.78 is 13.4. The maximum Gasteiger partial charge on any atom is 0.224 e. The highest BCUT2D eigenvalue weighted by atomic mass is 35.5. The third-order valence-electron chi connectivity index (χ3n) is 2.48. The fourth-order valence-electron chi connectivity index (χ4n) is 1.70. The summed E-state index contributed by atoms with van der Waals surface area (Å²) in [7, 11) is 0. The molecule has 0 bridgehead atoms. The normalized spacial score (nSPS) is 12.2. The molecule has 1 aromatic heterocycles. The Morgan fingerprint density at radius 1 is 1.33 bits per heavy atom. The Morgan fingerprint density at radius 2 is 2.06 bits per heavy atom. The largest absolute Gasteiger partial charge is 0.365 e. The first-order valence-corrected chi connectivity index (χ1v) is 6.01. The van der Waals surface area contributed by atoms with Crippen LogP contribution in [0.5, 0.6) is 0 Å². The minimum atomic E-state index is -0.501. The molecule has 0 radical (unpaired) electrons. The van der Waals surface area contributed by atoms with Gasteiger partial charge < -0.3 is 5.32 Å². The zero-order valence-corrected chi connectivity index (χ0v) is 10.7. The Morgan fingerprint density at radius 3 is 2.78 bits per heavy atom. The Balaban J connectivity index is 2.03. The zero-order chi connectivity index (χ0) is 13.0. The van der Waals surface area contributed by atoms with Crippen LogP contribution < -0.4 is 5.32 Å². The van der Waals surface area contributed by atoms with Crippen molar-refractivity contribution >= 4 is 17.4 Å². The molecule has 3 nitrogen and oxygen atoms in total. The molecule has 94 valence electrons. The number of nitrogens with zero attached hydrogens (tertiary/aromatic N) is 2. The van der Waals surface area contributed by atoms with Crippen LogP contribution in [0.2, 0.25) is 5.28 Å². The number of rotatable bonds is 4. The van der Waals surface area contributed by atoms with E-state index in [0.29, 0.717) is 0 Å². The van der Waals surface area contributed by atoms with Crippen LogP contribution in [0.25, 0.3) is 0 Å². The molecule has 0 spiro atoms. The molecule has 1 heterocycles. The van der Waals surface area contributed by atoms with Gasteiger partial charge in [0, 0.05) is 6.04 Å². The fourth-order valence-corrected chi connectivity index (χ4v) is 1.83. The van der Waals surface area contributed by atoms with Crippen LogP contribution in [-0.2, 0) is 6.42 Å². The van der Waals surface area contributed by atoms with Crippen molar-refractivity contribution in [3.8, 4) is 0 Å². The first-order valence-electron chi connectivity index (χ1n) is 5.63. The highest BCUT2D eigenvalue weighted by Gasteiger charge is 2.09. The molecule has 0 saturated heterocycles. The van der Waals surface area contributed by atoms with E-state index >= 15 is 0 Å². The van der Waals surface area contributed by atoms with Crippen molar-refractivity contribution in [3.05, 3.63) is 53.2 Å². The van der Waals surface area contributed by atoms with E-state index < -0.39 is 5.82 Å². The molecule has 2 rings (SSSR count). The van der Waals surface area contributed by atoms with E-state index in [2.05, 4.69) is 15.3 Å². The van der Waals surface area contributed by atoms with Gasteiger partial charge in [-0.3, -0.25) is 0 Å². The minimum absolute atomic E-state index is 0.0332. The summed E-state index contributed by atoms with van der Waals surface area (Å²) in [5, 5.41) is 3.02. The van der Waals surface area contributed by atoms with Crippen molar-refractivity contribution in [3.63, 3.8) is 0 Å². The van der Waals surface area contributed by atoms with Crippen molar-refractivity contribution in [2.75, 3.05) is 5.32 Å². The van der Waals surface area contributed by atoms with Crippen LogP contribution in [0.1, 0.15) is 12.5 Å². The molecular weight excluding hydrogens is 253 g/mol. The maximum atomic E-state index is 13.4. The van der Waals surface area contributed by atoms with Gasteiger partial charge in [-0.2, -0.15) is 4.98 Å². The Hall–Kier alpha value is -1.68. The van der Waals surface area contributed by atoms with E-state index in [9.17, 15) is 4.39 Å². The topological polar surface area (TPSA) is 37.8 Å². The van der Waals surface area contributed by atoms with Gasteiger partial charge in [0.1, 0.15) is 0 Å². The number of hydrogen-bond acceptors (Lipinski definition) is 3. The number of anilines is 1. The lowest BCUT2D eigenvalue weighted by Gasteiger charge is -2.14. The summed E-state index contributed by atoms with van der Waals surface area (Å²) in [6, 6.07) is 10.0. The standard InChI is InChI=1S/C13H13ClFN3/c1-9(7-10-5-3-2-4-6-10)17-12-11(15)8-16-13(14)18-12/h2-6,8-9H,7H2,1H3,(H,16,17,18). The van der Waals surface area contributed by atoms with E-state index in [4.69, 9.17) is 11.6 Å². The molecule has 0 saturated carbocycles. The highest BCUT2D eigenvalue weighted by molar-refractivity contribution is 6.28. The van der Waals surface area contributed by atoms with Crippen molar-refractivity contribution in [2.45, 2.75) is 19.4 Å². The van der Waals surface area contributed by atoms with E-state index in [1.54, 1.807) is 0 Å². The molecule has 1 unspecified atom stereocenters. The number of hydrogen-bond donors (Lipinski definition) is 1. The van der Waals surface area contributed by atoms with E-state index in [1.165, 1.54) is 5.56 Å². The smallest absolute Gasteiger partial charge is 0.224 e. The van der Waals surface area contributed by atoms with Gasteiger partial charge in [-0.1, -0.05) is 30.3 Å². The van der Waals surface area contributed by atoms with E-state index in [1.807, 2.05) is 37.3 Å². The van der Waals surface area contributed by atoms with Crippen molar-refractivity contribution in [1.29, 1.82) is 0 Å². The quantitative estimate of drug-likeness (QED) is 0.862. The maximum absolute atomic E-state index is 13.4. The molecule has 18 heavy (non-hydrogen) atoms. The Labute approximate surface area is 110 Å². The lowest BCUT2D eigenvalue weighted by molar-refractivity contribution is 0.611. The number of halogens is 2. The van der Waals surface area contributed by atoms with Gasteiger partial charge >= 0.3 is 0 Å². The molecule has 1 aromatic carbocycles. The van der Waals surface area contributed by atoms with Crippen molar-refractivity contribution in [2.24, 2.45) is 0 Å². The molecular formula is C13H13ClFN3. The number of aromatic nitrogens is 2. The average molecular weight is 266 g/mol. The minimum Gasteiger partial charge on any atom is -0.365 e. The molecule has 2 aromatic rings. The summed E-state index contributed by atoms with van der Waals surface area (Å²) >= 11 is 5.63. The number of nitrogens with one attached hydrogen (secondary N) is 1. The lowest BCUT2D eigenvalue weighted by Crippen LogP contribution is -2.20. The predicted molar refractivity (Wildman–Crippen MR) is 70.2 cm³/mol. The summed E-state index contributed by atoms with van der Waals surface area (Å²) in [4.78, 5) is 7.39. The summed E-state index contributed by atoms with van der Waals surface area (Å²) in [5.74, 6) is -0.363. The van der Waals surface area contributed by atoms with Crippen LogP contribution in [0, 0.1) is 5.82 Å². The van der Waals surface area contributed by atoms with Gasteiger partial charge in [0.25, 0.3) is 0 Å². The summed E-state index contributed by atoms with van der Waals surface area (Å²) in [5.41, 5.74) is 1.18. The Bertz CT molecular complexity index is 519. The fraction of sp³-hybridized carbons (Fsp3) is 0.231. The third-order valence-corrected chi connectivity index (χ3v) is 2.66. The average Bonchev–Trinajstić information content (AvgIpc) is 2.35. The van der Waals surface area contributed by atoms with Crippen LogP contribution in [0.4, 0.5) is 10.2 Å². The van der Waals surface area contributed by atoms with Crippen LogP contribution >= 0.6 is 11.6 Å². The summed E-state index contributed by atoms with van der Waals surface area (Å²) in [6.45, 7) is 1.96. The second kappa shape index (κ2) is 5.78. The van der Waals surface area contributed by atoms with Crippen molar-refractivity contribution < 1.29 is 4.39 Å². The predicted octanol–water partition coefficient (Wildman–Crippen LogP) is 3.31. The van der Waals surface area contributed by atoms with E-state index in [-0.39, 0.29) is 17.1 Å². The summed E-state index contributed by atoms with van der Waals surface area (Å²) in [6.07, 6.45) is 1.84. The zero-order valence-electron chi connectivity index (χ0n) is 9.90. The molecule has 0 fully saturated rings. The van der Waals surface area contributed by atoms with Gasteiger partial charge in [-0.05, 0) is 30.5 Å². The van der Waals surface area contributed by atoms with E-state index in [0.717, 1.165) is 12.6 Å².